The van der Waals surface area contributed by atoms with E-state index in [1.807, 2.05) is 12.1 Å². The van der Waals surface area contributed by atoms with Gasteiger partial charge in [-0.2, -0.15) is 0 Å². The largest absolute Gasteiger partial charge is 0.456 e. The molecule has 0 saturated heterocycles. The van der Waals surface area contributed by atoms with Crippen molar-refractivity contribution in [3.63, 3.8) is 0 Å². The monoisotopic (exact) mass is 561 g/mol. The van der Waals surface area contributed by atoms with Crippen LogP contribution in [0.1, 0.15) is 0 Å². The molecule has 0 unspecified atom stereocenters. The Morgan fingerprint density at radius 1 is 0.386 bits per heavy atom. The van der Waals surface area contributed by atoms with Gasteiger partial charge in [-0.1, -0.05) is 109 Å². The van der Waals surface area contributed by atoms with Crippen LogP contribution in [-0.4, -0.2) is 0 Å². The number of para-hydroxylation sites is 2. The summed E-state index contributed by atoms with van der Waals surface area (Å²) in [7, 11) is 0. The lowest BCUT2D eigenvalue weighted by Crippen LogP contribution is -2.10. The van der Waals surface area contributed by atoms with Gasteiger partial charge < -0.3 is 9.32 Å². The summed E-state index contributed by atoms with van der Waals surface area (Å²) >= 11 is 0. The summed E-state index contributed by atoms with van der Waals surface area (Å²) in [5.41, 5.74) is 7.62. The molecule has 0 aliphatic carbocycles. The highest BCUT2D eigenvalue weighted by Gasteiger charge is 2.18. The summed E-state index contributed by atoms with van der Waals surface area (Å²) in [6.45, 7) is 0. The second-order valence-corrected chi connectivity index (χ2v) is 11.3. The molecule has 8 aromatic carbocycles. The van der Waals surface area contributed by atoms with Crippen molar-refractivity contribution in [2.45, 2.75) is 0 Å². The lowest BCUT2D eigenvalue weighted by atomic mass is 9.93. The molecule has 1 aromatic heterocycles. The van der Waals surface area contributed by atoms with Gasteiger partial charge in [-0.05, 0) is 92.7 Å². The van der Waals surface area contributed by atoms with Crippen LogP contribution in [0, 0.1) is 0 Å². The fourth-order valence-electron chi connectivity index (χ4n) is 6.85. The van der Waals surface area contributed by atoms with Gasteiger partial charge >= 0.3 is 0 Å². The van der Waals surface area contributed by atoms with Crippen LogP contribution < -0.4 is 4.90 Å². The zero-order valence-electron chi connectivity index (χ0n) is 23.9. The van der Waals surface area contributed by atoms with E-state index in [-0.39, 0.29) is 0 Å². The first-order chi connectivity index (χ1) is 21.8. The maximum Gasteiger partial charge on any atom is 0.136 e. The van der Waals surface area contributed by atoms with E-state index in [0.29, 0.717) is 0 Å². The van der Waals surface area contributed by atoms with Crippen molar-refractivity contribution in [1.29, 1.82) is 0 Å². The molecule has 0 saturated carbocycles. The van der Waals surface area contributed by atoms with Gasteiger partial charge in [-0.15, -0.1) is 0 Å². The van der Waals surface area contributed by atoms with Crippen LogP contribution in [0.2, 0.25) is 0 Å². The lowest BCUT2D eigenvalue weighted by Gasteiger charge is -2.27. The SMILES string of the molecule is c1ccc(N(c2ccc(-c3cc4ccccc4c4ccccc34)cc2)c2cccc3c2ccc2oc4ccccc4c23)cc1. The molecule has 44 heavy (non-hydrogen) atoms. The molecular weight excluding hydrogens is 534 g/mol. The predicted molar refractivity (Wildman–Crippen MR) is 186 cm³/mol. The smallest absolute Gasteiger partial charge is 0.136 e. The zero-order valence-corrected chi connectivity index (χ0v) is 23.9. The van der Waals surface area contributed by atoms with Gasteiger partial charge in [-0.3, -0.25) is 0 Å². The van der Waals surface area contributed by atoms with Gasteiger partial charge in [0.15, 0.2) is 0 Å². The van der Waals surface area contributed by atoms with Gasteiger partial charge in [0.1, 0.15) is 11.2 Å². The van der Waals surface area contributed by atoms with Crippen LogP contribution in [0.4, 0.5) is 17.1 Å². The third-order valence-electron chi connectivity index (χ3n) is 8.84. The number of hydrogen-bond acceptors (Lipinski definition) is 2. The normalized spacial score (nSPS) is 11.6. The Bertz CT molecular complexity index is 2490. The van der Waals surface area contributed by atoms with Gasteiger partial charge in [0.25, 0.3) is 0 Å². The minimum atomic E-state index is 0.911. The molecule has 0 spiro atoms. The van der Waals surface area contributed by atoms with Gasteiger partial charge in [0, 0.05) is 27.5 Å². The van der Waals surface area contributed by atoms with Gasteiger partial charge in [0.05, 0.1) is 5.69 Å². The molecule has 2 nitrogen and oxygen atoms in total. The third-order valence-corrected chi connectivity index (χ3v) is 8.84. The average Bonchev–Trinajstić information content (AvgIpc) is 3.48. The number of fused-ring (bicyclic) bond motifs is 8. The predicted octanol–water partition coefficient (Wildman–Crippen LogP) is 12.2. The highest BCUT2D eigenvalue weighted by atomic mass is 16.3. The molecule has 0 atom stereocenters. The maximum atomic E-state index is 6.23. The molecule has 0 aliphatic heterocycles. The van der Waals surface area contributed by atoms with Gasteiger partial charge in [-0.25, -0.2) is 0 Å². The molecule has 2 heteroatoms. The fraction of sp³-hybridized carbons (Fsp3) is 0. The summed E-state index contributed by atoms with van der Waals surface area (Å²) in [6, 6.07) is 58.5. The number of rotatable bonds is 4. The second-order valence-electron chi connectivity index (χ2n) is 11.3. The van der Waals surface area contributed by atoms with E-state index in [1.165, 1.54) is 43.4 Å². The average molecular weight is 562 g/mol. The van der Waals surface area contributed by atoms with Crippen molar-refractivity contribution in [2.24, 2.45) is 0 Å². The number of benzene rings is 8. The van der Waals surface area contributed by atoms with Crippen LogP contribution >= 0.6 is 0 Å². The van der Waals surface area contributed by atoms with Crippen molar-refractivity contribution in [2.75, 3.05) is 4.90 Å². The van der Waals surface area contributed by atoms with Crippen LogP contribution in [0.5, 0.6) is 0 Å². The van der Waals surface area contributed by atoms with Crippen molar-refractivity contribution in [3.8, 4) is 11.1 Å². The maximum absolute atomic E-state index is 6.23. The van der Waals surface area contributed by atoms with Crippen molar-refractivity contribution in [3.05, 3.63) is 164 Å². The van der Waals surface area contributed by atoms with Crippen LogP contribution in [0.3, 0.4) is 0 Å². The molecule has 0 fully saturated rings. The molecule has 0 aliphatic rings. The molecule has 206 valence electrons. The molecule has 0 N–H and O–H groups in total. The van der Waals surface area contributed by atoms with Crippen LogP contribution in [-0.2, 0) is 0 Å². The van der Waals surface area contributed by atoms with E-state index >= 15 is 0 Å². The van der Waals surface area contributed by atoms with Crippen molar-refractivity contribution < 1.29 is 4.42 Å². The molecule has 0 radical (unpaired) electrons. The van der Waals surface area contributed by atoms with Crippen LogP contribution in [0.25, 0.3) is 65.4 Å². The Morgan fingerprint density at radius 3 is 1.89 bits per heavy atom. The minimum absolute atomic E-state index is 0.911. The second kappa shape index (κ2) is 9.86. The van der Waals surface area contributed by atoms with Gasteiger partial charge in [0.2, 0.25) is 0 Å². The highest BCUT2D eigenvalue weighted by Crippen LogP contribution is 2.43. The summed E-state index contributed by atoms with van der Waals surface area (Å²) in [4.78, 5) is 2.36. The fourth-order valence-corrected chi connectivity index (χ4v) is 6.85. The van der Waals surface area contributed by atoms with E-state index in [1.54, 1.807) is 0 Å². The summed E-state index contributed by atoms with van der Waals surface area (Å²) in [5.74, 6) is 0. The standard InChI is InChI=1S/C42H27NO/c1-2-12-30(13-3-1)43(39-19-10-18-36-35(39)25-26-41-42(36)37-17-8-9-20-40(37)44-41)31-23-21-28(22-24-31)38-27-29-11-4-5-14-32(29)33-15-6-7-16-34(33)38/h1-27H. The van der Waals surface area contributed by atoms with E-state index in [2.05, 4.69) is 157 Å². The number of nitrogens with zero attached hydrogens (tertiary/aromatic N) is 1. The molecule has 0 amide bonds. The number of anilines is 3. The molecule has 9 aromatic rings. The van der Waals surface area contributed by atoms with Crippen LogP contribution in [0.15, 0.2) is 168 Å². The van der Waals surface area contributed by atoms with E-state index < -0.39 is 0 Å². The van der Waals surface area contributed by atoms with Crippen molar-refractivity contribution in [1.82, 2.24) is 0 Å². The first-order valence-electron chi connectivity index (χ1n) is 15.0. The molecule has 0 bridgehead atoms. The van der Waals surface area contributed by atoms with E-state index in [0.717, 1.165) is 39.0 Å². The van der Waals surface area contributed by atoms with E-state index in [4.69, 9.17) is 4.42 Å². The zero-order chi connectivity index (χ0) is 29.0. The Balaban J connectivity index is 1.23. The minimum Gasteiger partial charge on any atom is -0.456 e. The quantitative estimate of drug-likeness (QED) is 0.199. The Hall–Kier alpha value is -5.86. The Morgan fingerprint density at radius 2 is 1.05 bits per heavy atom. The van der Waals surface area contributed by atoms with Crippen molar-refractivity contribution >= 4 is 71.3 Å². The summed E-state index contributed by atoms with van der Waals surface area (Å²) in [5, 5.41) is 9.76. The third kappa shape index (κ3) is 3.82. The summed E-state index contributed by atoms with van der Waals surface area (Å²) < 4.78 is 6.23. The molecule has 9 rings (SSSR count). The first-order valence-corrected chi connectivity index (χ1v) is 15.0. The lowest BCUT2D eigenvalue weighted by molar-refractivity contribution is 0.669. The Labute approximate surface area is 255 Å². The number of furan rings is 1. The molecular formula is C42H27NO. The Kier molecular flexibility index (Phi) is 5.54. The topological polar surface area (TPSA) is 16.4 Å². The number of hydrogen-bond donors (Lipinski definition) is 0. The first kappa shape index (κ1) is 24.7. The summed E-state index contributed by atoms with van der Waals surface area (Å²) in [6.07, 6.45) is 0. The van der Waals surface area contributed by atoms with E-state index in [9.17, 15) is 0 Å². The highest BCUT2D eigenvalue weighted by molar-refractivity contribution is 6.21. The molecule has 1 heterocycles.